The number of fused-ring (bicyclic) bond motifs is 5. The van der Waals surface area contributed by atoms with E-state index in [9.17, 15) is 9.90 Å². The Kier molecular flexibility index (Phi) is 9.84. The molecule has 56 heavy (non-hydrogen) atoms. The molecule has 2 N–H and O–H groups in total. The van der Waals surface area contributed by atoms with E-state index in [0.29, 0.717) is 10.8 Å². The number of nitrogens with zero attached hydrogens (tertiary/aromatic N) is 3. The third-order valence-electron chi connectivity index (χ3n) is 13.5. The van der Waals surface area contributed by atoms with Gasteiger partial charge in [-0.25, -0.2) is 14.8 Å². The SMILES string of the molecule is CCC1=C(C)C2=NC1=Cc1[nH]c(c(C)c1CC)C=C1N=C(C(CC)=C1C)C(=c1ccc(=CO)cc1)C1=NC3=C2C=C(C(=O)O[Si](C)(C)C(C)(C)C)C3(C)C1CC. The minimum atomic E-state index is -2.49. The number of benzene rings is 1. The number of aliphatic hydroxyl groups is 1. The summed E-state index contributed by atoms with van der Waals surface area (Å²) in [5.74, 6) is -0.425. The van der Waals surface area contributed by atoms with Crippen LogP contribution in [0.1, 0.15) is 111 Å². The van der Waals surface area contributed by atoms with Crippen LogP contribution in [0.5, 0.6) is 0 Å². The Morgan fingerprint density at radius 1 is 0.875 bits per heavy atom. The van der Waals surface area contributed by atoms with Gasteiger partial charge in [-0.3, -0.25) is 4.99 Å². The average Bonchev–Trinajstić information content (AvgIpc) is 3.89. The fourth-order valence-electron chi connectivity index (χ4n) is 9.13. The van der Waals surface area contributed by atoms with Crippen molar-refractivity contribution in [1.29, 1.82) is 0 Å². The number of aliphatic hydroxyl groups excluding tert-OH is 1. The van der Waals surface area contributed by atoms with Crippen LogP contribution in [0.4, 0.5) is 0 Å². The van der Waals surface area contributed by atoms with Crippen molar-refractivity contribution in [3.05, 3.63) is 114 Å². The standard InChI is InChI=1S/C48H58N4O3Si/c1-14-31-26(5)37-23-38-27(6)33(16-3)43(50-38)41(30-20-18-29(25-53)19-21-30)44-35(17-4)48(11)36(46(54)55-56(12,13)47(8,9)10)22-34(45(48)52-44)42-28(7)32(15-2)40(51-42)24-39(31)49-37/h18-25,35,49,53H,14-17H2,1-13H3. The van der Waals surface area contributed by atoms with Crippen LogP contribution in [0.25, 0.3) is 24.0 Å². The number of aliphatic imine (C=N–C) groups is 3. The highest BCUT2D eigenvalue weighted by Gasteiger charge is 2.56. The van der Waals surface area contributed by atoms with Gasteiger partial charge in [0.05, 0.1) is 45.9 Å². The van der Waals surface area contributed by atoms with E-state index in [0.717, 1.165) is 105 Å². The molecule has 8 bridgehead atoms. The van der Waals surface area contributed by atoms with Crippen molar-refractivity contribution in [1.82, 2.24) is 4.98 Å². The molecule has 0 saturated carbocycles. The zero-order chi connectivity index (χ0) is 40.6. The molecule has 292 valence electrons. The Hall–Kier alpha value is -4.82. The lowest BCUT2D eigenvalue weighted by Gasteiger charge is -2.38. The van der Waals surface area contributed by atoms with E-state index < -0.39 is 13.7 Å². The van der Waals surface area contributed by atoms with E-state index in [4.69, 9.17) is 19.4 Å². The van der Waals surface area contributed by atoms with Crippen LogP contribution >= 0.6 is 0 Å². The second-order valence-electron chi connectivity index (χ2n) is 17.6. The summed E-state index contributed by atoms with van der Waals surface area (Å²) in [6, 6.07) is 7.97. The predicted octanol–water partition coefficient (Wildman–Crippen LogP) is 10.3. The lowest BCUT2D eigenvalue weighted by molar-refractivity contribution is -0.132. The third kappa shape index (κ3) is 5.89. The first-order valence-electron chi connectivity index (χ1n) is 20.4. The molecule has 2 unspecified atom stereocenters. The van der Waals surface area contributed by atoms with Gasteiger partial charge in [0, 0.05) is 39.2 Å². The second-order valence-corrected chi connectivity index (χ2v) is 22.3. The van der Waals surface area contributed by atoms with Gasteiger partial charge >= 0.3 is 5.97 Å². The number of rotatable bonds is 6. The number of aromatic amines is 1. The van der Waals surface area contributed by atoms with Crippen LogP contribution in [0, 0.1) is 18.3 Å². The predicted molar refractivity (Wildman–Crippen MR) is 236 cm³/mol. The number of aromatic nitrogens is 1. The average molecular weight is 767 g/mol. The molecule has 5 heterocycles. The monoisotopic (exact) mass is 766 g/mol. The summed E-state index contributed by atoms with van der Waals surface area (Å²) in [7, 11) is -2.49. The highest BCUT2D eigenvalue weighted by Crippen LogP contribution is 2.58. The molecule has 0 radical (unpaired) electrons. The largest absolute Gasteiger partial charge is 0.516 e. The lowest BCUT2D eigenvalue weighted by Crippen LogP contribution is -2.44. The topological polar surface area (TPSA) is 99.4 Å². The minimum Gasteiger partial charge on any atom is -0.516 e. The maximum absolute atomic E-state index is 14.8. The number of hydrogen-bond donors (Lipinski definition) is 2. The Bertz CT molecular complexity index is 2490. The number of carbonyl (C=O) groups is 1. The normalized spacial score (nSPS) is 22.0. The second kappa shape index (κ2) is 14.0. The van der Waals surface area contributed by atoms with Gasteiger partial charge in [-0.05, 0) is 128 Å². The summed E-state index contributed by atoms with van der Waals surface area (Å²) in [5, 5.41) is 11.4. The van der Waals surface area contributed by atoms with Crippen molar-refractivity contribution >= 4 is 55.4 Å². The zero-order valence-electron chi connectivity index (χ0n) is 35.6. The van der Waals surface area contributed by atoms with E-state index in [-0.39, 0.29) is 16.9 Å². The molecule has 1 aromatic heterocycles. The maximum Gasteiger partial charge on any atom is 0.321 e. The number of carbonyl (C=O) groups excluding carboxylic acids is 1. The smallest absolute Gasteiger partial charge is 0.321 e. The third-order valence-corrected chi connectivity index (χ3v) is 17.8. The summed E-state index contributed by atoms with van der Waals surface area (Å²) in [5.41, 5.74) is 16.3. The highest BCUT2D eigenvalue weighted by molar-refractivity contribution is 6.75. The van der Waals surface area contributed by atoms with Crippen LogP contribution < -0.4 is 10.4 Å². The Labute approximate surface area is 333 Å². The van der Waals surface area contributed by atoms with Crippen LogP contribution in [0.2, 0.25) is 18.1 Å². The number of H-pyrrole nitrogens is 1. The summed E-state index contributed by atoms with van der Waals surface area (Å²) >= 11 is 0. The molecule has 1 aliphatic carbocycles. The molecule has 1 aromatic carbocycles. The Balaban J connectivity index is 1.62. The fraction of sp³-hybridized carbons (Fsp3) is 0.417. The van der Waals surface area contributed by atoms with Crippen molar-refractivity contribution < 1.29 is 14.3 Å². The molecule has 2 atom stereocenters. The summed E-state index contributed by atoms with van der Waals surface area (Å²) < 4.78 is 6.65. The molecule has 4 aliphatic heterocycles. The van der Waals surface area contributed by atoms with Gasteiger partial charge in [0.15, 0.2) is 0 Å². The molecule has 0 amide bonds. The molecule has 0 saturated heterocycles. The summed E-state index contributed by atoms with van der Waals surface area (Å²) in [6.45, 7) is 28.3. The zero-order valence-corrected chi connectivity index (χ0v) is 36.6. The molecular weight excluding hydrogens is 709 g/mol. The van der Waals surface area contributed by atoms with Crippen LogP contribution in [-0.2, 0) is 15.6 Å². The molecule has 0 fully saturated rings. The molecular formula is C48H58N4O3Si. The fourth-order valence-corrected chi connectivity index (χ4v) is 10.0. The van der Waals surface area contributed by atoms with E-state index in [1.807, 2.05) is 12.1 Å². The first-order chi connectivity index (χ1) is 26.4. The van der Waals surface area contributed by atoms with Gasteiger partial charge < -0.3 is 14.5 Å². The van der Waals surface area contributed by atoms with Crippen LogP contribution in [-0.4, -0.2) is 41.5 Å². The van der Waals surface area contributed by atoms with E-state index in [2.05, 4.69) is 125 Å². The van der Waals surface area contributed by atoms with E-state index in [1.54, 1.807) is 0 Å². The Morgan fingerprint density at radius 3 is 2.11 bits per heavy atom. The van der Waals surface area contributed by atoms with Crippen molar-refractivity contribution in [3.8, 4) is 0 Å². The lowest BCUT2D eigenvalue weighted by atomic mass is 9.68. The molecule has 7 nitrogen and oxygen atoms in total. The van der Waals surface area contributed by atoms with Crippen molar-refractivity contribution in [2.24, 2.45) is 26.3 Å². The van der Waals surface area contributed by atoms with Crippen molar-refractivity contribution in [3.63, 3.8) is 0 Å². The minimum absolute atomic E-state index is 0.155. The van der Waals surface area contributed by atoms with Gasteiger partial charge in [-0.2, -0.15) is 0 Å². The van der Waals surface area contributed by atoms with Crippen LogP contribution in [0.3, 0.4) is 0 Å². The van der Waals surface area contributed by atoms with Gasteiger partial charge in [0.2, 0.25) is 0 Å². The highest BCUT2D eigenvalue weighted by atomic mass is 28.4. The van der Waals surface area contributed by atoms with Gasteiger partial charge in [0.1, 0.15) is 0 Å². The Morgan fingerprint density at radius 2 is 1.52 bits per heavy atom. The van der Waals surface area contributed by atoms with Gasteiger partial charge in [0.25, 0.3) is 8.32 Å². The molecule has 2 aromatic rings. The number of allylic oxidation sites excluding steroid dienone is 7. The molecule has 7 rings (SSSR count). The number of nitrogens with one attached hydrogen (secondary N) is 1. The van der Waals surface area contributed by atoms with Gasteiger partial charge in [-0.15, -0.1) is 0 Å². The first kappa shape index (κ1) is 39.4. The van der Waals surface area contributed by atoms with Gasteiger partial charge in [-0.1, -0.05) is 72.7 Å². The quantitative estimate of drug-likeness (QED) is 0.286. The number of hydrogen-bond acceptors (Lipinski definition) is 6. The van der Waals surface area contributed by atoms with E-state index in [1.165, 1.54) is 22.3 Å². The van der Waals surface area contributed by atoms with Crippen LogP contribution in [0.15, 0.2) is 95.8 Å². The molecule has 8 heteroatoms. The maximum atomic E-state index is 14.8. The summed E-state index contributed by atoms with van der Waals surface area (Å²) in [4.78, 5) is 35.3. The van der Waals surface area contributed by atoms with Crippen molar-refractivity contribution in [2.75, 3.05) is 0 Å². The first-order valence-corrected chi connectivity index (χ1v) is 23.3. The van der Waals surface area contributed by atoms with E-state index >= 15 is 0 Å². The summed E-state index contributed by atoms with van der Waals surface area (Å²) in [6.07, 6.45) is 10.8. The van der Waals surface area contributed by atoms with Crippen molar-refractivity contribution in [2.45, 2.75) is 120 Å². The molecule has 5 aliphatic rings. The molecule has 0 spiro atoms.